The summed E-state index contributed by atoms with van der Waals surface area (Å²) in [5.74, 6) is 8.25. The van der Waals surface area contributed by atoms with Gasteiger partial charge in [0.25, 0.3) is 0 Å². The Bertz CT molecular complexity index is 1220. The quantitative estimate of drug-likeness (QED) is 0.330. The van der Waals surface area contributed by atoms with Crippen LogP contribution < -0.4 is 10.1 Å². The molecular weight excluding hydrogens is 452 g/mol. The molecule has 2 aromatic carbocycles. The smallest absolute Gasteiger partial charge is 0.122 e. The third-order valence-corrected chi connectivity index (χ3v) is 7.48. The summed E-state index contributed by atoms with van der Waals surface area (Å²) in [7, 11) is 0. The van der Waals surface area contributed by atoms with Gasteiger partial charge >= 0.3 is 0 Å². The molecule has 4 heteroatoms. The van der Waals surface area contributed by atoms with Crippen molar-refractivity contribution in [1.29, 1.82) is 0 Å². The molecule has 0 bridgehead atoms. The second-order valence-corrected chi connectivity index (χ2v) is 10.5. The van der Waals surface area contributed by atoms with Crippen molar-refractivity contribution in [1.82, 2.24) is 10.3 Å². The lowest BCUT2D eigenvalue weighted by molar-refractivity contribution is 0.177. The molecule has 0 saturated heterocycles. The van der Waals surface area contributed by atoms with Gasteiger partial charge in [0.15, 0.2) is 0 Å². The normalized spacial score (nSPS) is 16.8. The first-order valence-corrected chi connectivity index (χ1v) is 13.1. The van der Waals surface area contributed by atoms with Gasteiger partial charge < -0.3 is 10.1 Å². The molecule has 1 N–H and O–H groups in total. The van der Waals surface area contributed by atoms with E-state index >= 15 is 0 Å². The molecule has 2 saturated carbocycles. The molecule has 3 aromatic rings. The van der Waals surface area contributed by atoms with Crippen molar-refractivity contribution in [3.05, 3.63) is 82.6 Å². The van der Waals surface area contributed by atoms with Crippen molar-refractivity contribution in [3.63, 3.8) is 0 Å². The van der Waals surface area contributed by atoms with E-state index in [4.69, 9.17) is 16.3 Å². The van der Waals surface area contributed by atoms with Crippen molar-refractivity contribution < 1.29 is 4.74 Å². The predicted molar refractivity (Wildman–Crippen MR) is 144 cm³/mol. The maximum absolute atomic E-state index is 6.37. The lowest BCUT2D eigenvalue weighted by atomic mass is 9.93. The van der Waals surface area contributed by atoms with E-state index in [1.165, 1.54) is 32.1 Å². The van der Waals surface area contributed by atoms with Crippen molar-refractivity contribution in [3.8, 4) is 28.7 Å². The Labute approximate surface area is 214 Å². The van der Waals surface area contributed by atoms with Crippen LogP contribution in [-0.4, -0.2) is 24.2 Å². The highest BCUT2D eigenvalue weighted by molar-refractivity contribution is 6.30. The van der Waals surface area contributed by atoms with E-state index in [1.807, 2.05) is 48.7 Å². The molecule has 3 nitrogen and oxygen atoms in total. The lowest BCUT2D eigenvalue weighted by Crippen LogP contribution is -2.42. The summed E-state index contributed by atoms with van der Waals surface area (Å²) in [6, 6.07) is 18.6. The van der Waals surface area contributed by atoms with Gasteiger partial charge in [0.1, 0.15) is 11.4 Å². The zero-order valence-electron chi connectivity index (χ0n) is 20.6. The highest BCUT2D eigenvalue weighted by atomic mass is 35.5. The maximum Gasteiger partial charge on any atom is 0.122 e. The average Bonchev–Trinajstić information content (AvgIpc) is 3.80. The van der Waals surface area contributed by atoms with Crippen molar-refractivity contribution in [2.45, 2.75) is 52.0 Å². The molecule has 0 spiro atoms. The Morgan fingerprint density at radius 2 is 1.83 bits per heavy atom. The van der Waals surface area contributed by atoms with Gasteiger partial charge in [-0.15, -0.1) is 0 Å². The van der Waals surface area contributed by atoms with Gasteiger partial charge in [0, 0.05) is 33.8 Å². The molecule has 2 aliphatic carbocycles. The summed E-state index contributed by atoms with van der Waals surface area (Å²) in [6.45, 7) is 6.26. The Kier molecular flexibility index (Phi) is 7.14. The Morgan fingerprint density at radius 1 is 1.06 bits per heavy atom. The molecule has 0 amide bonds. The van der Waals surface area contributed by atoms with Crippen LogP contribution in [0.25, 0.3) is 11.1 Å². The number of halogens is 1. The number of nitrogens with zero attached hydrogens (tertiary/aromatic N) is 1. The number of nitrogens with one attached hydrogen (secondary N) is 1. The summed E-state index contributed by atoms with van der Waals surface area (Å²) in [5.41, 5.74) is 5.31. The van der Waals surface area contributed by atoms with Crippen LogP contribution in [0.3, 0.4) is 0 Å². The molecule has 35 heavy (non-hydrogen) atoms. The van der Waals surface area contributed by atoms with Crippen molar-refractivity contribution >= 4 is 11.6 Å². The van der Waals surface area contributed by atoms with Crippen LogP contribution in [0.15, 0.2) is 60.8 Å². The zero-order chi connectivity index (χ0) is 24.3. The van der Waals surface area contributed by atoms with Crippen LogP contribution in [0.2, 0.25) is 5.02 Å². The van der Waals surface area contributed by atoms with Crippen molar-refractivity contribution in [2.24, 2.45) is 11.3 Å². The van der Waals surface area contributed by atoms with Crippen molar-refractivity contribution in [2.75, 3.05) is 13.2 Å². The molecule has 1 atom stereocenters. The number of ether oxygens (including phenoxy) is 1. The van der Waals surface area contributed by atoms with E-state index in [0.717, 1.165) is 57.8 Å². The first-order chi connectivity index (χ1) is 17.1. The average molecular weight is 485 g/mol. The van der Waals surface area contributed by atoms with E-state index in [1.54, 1.807) is 0 Å². The van der Waals surface area contributed by atoms with Crippen LogP contribution in [-0.2, 0) is 0 Å². The van der Waals surface area contributed by atoms with E-state index in [2.05, 4.69) is 48.1 Å². The molecule has 1 unspecified atom stereocenters. The summed E-state index contributed by atoms with van der Waals surface area (Å²) in [6.07, 6.45) is 8.33. The molecule has 0 aliphatic heterocycles. The summed E-state index contributed by atoms with van der Waals surface area (Å²) >= 11 is 5.98. The fourth-order valence-electron chi connectivity index (χ4n) is 4.85. The molecule has 1 aromatic heterocycles. The maximum atomic E-state index is 6.37. The highest BCUT2D eigenvalue weighted by Crippen LogP contribution is 2.55. The first-order valence-electron chi connectivity index (χ1n) is 12.8. The van der Waals surface area contributed by atoms with Crippen LogP contribution in [0.1, 0.15) is 55.8 Å². The van der Waals surface area contributed by atoms with Gasteiger partial charge in [-0.1, -0.05) is 42.6 Å². The summed E-state index contributed by atoms with van der Waals surface area (Å²) in [5, 5.41) is 4.56. The first kappa shape index (κ1) is 23.9. The number of hydrogen-bond donors (Lipinski definition) is 1. The van der Waals surface area contributed by atoms with Crippen LogP contribution in [0, 0.1) is 30.1 Å². The standard InChI is InChI=1S/C31H33ClN2O/c1-3-18-33-30(25-6-7-25)31(16-17-31)21-35-29-15-5-23(19-22(29)2)4-13-28-14-10-26(20-34-28)24-8-11-27(32)12-9-24/h5,8-12,14-15,19-20,25,30,33H,3,6-7,16-18,21H2,1-2H3. The Hall–Kier alpha value is -2.80. The third-order valence-electron chi connectivity index (χ3n) is 7.23. The summed E-state index contributed by atoms with van der Waals surface area (Å²) < 4.78 is 6.37. The van der Waals surface area contributed by atoms with Gasteiger partial charge in [-0.05, 0) is 105 Å². The summed E-state index contributed by atoms with van der Waals surface area (Å²) in [4.78, 5) is 4.52. The van der Waals surface area contributed by atoms with Crippen LogP contribution in [0.4, 0.5) is 0 Å². The number of benzene rings is 2. The van der Waals surface area contributed by atoms with E-state index < -0.39 is 0 Å². The van der Waals surface area contributed by atoms with Gasteiger partial charge in [0.05, 0.1) is 6.61 Å². The minimum absolute atomic E-state index is 0.325. The number of rotatable bonds is 9. The number of hydrogen-bond acceptors (Lipinski definition) is 3. The van der Waals surface area contributed by atoms with Gasteiger partial charge in [0.2, 0.25) is 0 Å². The fraction of sp³-hybridized carbons (Fsp3) is 0.387. The minimum Gasteiger partial charge on any atom is -0.493 e. The largest absolute Gasteiger partial charge is 0.493 e. The molecule has 2 aliphatic rings. The molecule has 1 heterocycles. The van der Waals surface area contributed by atoms with Crippen LogP contribution >= 0.6 is 11.6 Å². The Morgan fingerprint density at radius 3 is 2.46 bits per heavy atom. The minimum atomic E-state index is 0.325. The van der Waals surface area contributed by atoms with Gasteiger partial charge in [-0.25, -0.2) is 4.98 Å². The van der Waals surface area contributed by atoms with E-state index in [9.17, 15) is 0 Å². The zero-order valence-corrected chi connectivity index (χ0v) is 21.4. The molecule has 2 fully saturated rings. The van der Waals surface area contributed by atoms with Gasteiger partial charge in [-0.3, -0.25) is 0 Å². The SMILES string of the molecule is CCCNC(C1CC1)C1(COc2ccc(C#Cc3ccc(-c4ccc(Cl)cc4)cn3)cc2C)CC1. The second-order valence-electron chi connectivity index (χ2n) is 10.1. The topological polar surface area (TPSA) is 34.1 Å². The monoisotopic (exact) mass is 484 g/mol. The van der Waals surface area contributed by atoms with E-state index in [0.29, 0.717) is 11.5 Å². The fourth-order valence-corrected chi connectivity index (χ4v) is 4.97. The number of aryl methyl sites for hydroxylation is 1. The predicted octanol–water partition coefficient (Wildman–Crippen LogP) is 7.05. The molecule has 0 radical (unpaired) electrons. The van der Waals surface area contributed by atoms with Gasteiger partial charge in [-0.2, -0.15) is 0 Å². The molecular formula is C31H33ClN2O. The number of pyridine rings is 1. The number of aromatic nitrogens is 1. The molecule has 5 rings (SSSR count). The third kappa shape index (κ3) is 5.89. The molecule has 180 valence electrons. The van der Waals surface area contributed by atoms with E-state index in [-0.39, 0.29) is 0 Å². The Balaban J connectivity index is 1.21. The second kappa shape index (κ2) is 10.4. The van der Waals surface area contributed by atoms with Crippen LogP contribution in [0.5, 0.6) is 5.75 Å². The highest BCUT2D eigenvalue weighted by Gasteiger charge is 2.54. The lowest BCUT2D eigenvalue weighted by Gasteiger charge is -2.28.